The molecule has 5 nitrogen and oxygen atoms in total. The summed E-state index contributed by atoms with van der Waals surface area (Å²) in [4.78, 5) is 15.0. The summed E-state index contributed by atoms with van der Waals surface area (Å²) in [5, 5.41) is 22.4. The Morgan fingerprint density at radius 1 is 1.31 bits per heavy atom. The molecule has 0 amide bonds. The molecule has 3 aliphatic carbocycles. The summed E-state index contributed by atoms with van der Waals surface area (Å²) in [5.41, 5.74) is 0.440. The SMILES string of the molecule is COc1c(O)ccc2c1[C@@]13CCN(CC4CC4)[C@@H](C2)[C@]1(O)CCC(=O)C3. The third-order valence-corrected chi connectivity index (χ3v) is 7.44. The molecule has 1 aromatic rings. The molecule has 1 aromatic carbocycles. The zero-order valence-electron chi connectivity index (χ0n) is 15.3. The minimum absolute atomic E-state index is 0.0479. The van der Waals surface area contributed by atoms with Crippen LogP contribution in [-0.2, 0) is 16.6 Å². The number of Topliss-reactive ketones (excluding diaryl/α,β-unsaturated/α-hetero) is 1. The van der Waals surface area contributed by atoms with Crippen LogP contribution in [0.1, 0.15) is 49.7 Å². The van der Waals surface area contributed by atoms with Crippen molar-refractivity contribution in [3.8, 4) is 11.5 Å². The van der Waals surface area contributed by atoms with E-state index in [4.69, 9.17) is 4.74 Å². The van der Waals surface area contributed by atoms with Gasteiger partial charge >= 0.3 is 0 Å². The van der Waals surface area contributed by atoms with E-state index in [-0.39, 0.29) is 17.6 Å². The molecule has 140 valence electrons. The van der Waals surface area contributed by atoms with Gasteiger partial charge in [-0.05, 0) is 56.2 Å². The number of aliphatic hydroxyl groups is 1. The van der Waals surface area contributed by atoms with E-state index in [1.54, 1.807) is 13.2 Å². The number of likely N-dealkylation sites (tertiary alicyclic amines) is 1. The van der Waals surface area contributed by atoms with Crippen molar-refractivity contribution in [3.63, 3.8) is 0 Å². The molecule has 5 heteroatoms. The molecule has 3 atom stereocenters. The number of rotatable bonds is 3. The highest BCUT2D eigenvalue weighted by atomic mass is 16.5. The van der Waals surface area contributed by atoms with Gasteiger partial charge in [0.2, 0.25) is 0 Å². The highest BCUT2D eigenvalue weighted by molar-refractivity contribution is 5.83. The van der Waals surface area contributed by atoms with Crippen molar-refractivity contribution < 1.29 is 19.7 Å². The normalized spacial score (nSPS) is 36.4. The van der Waals surface area contributed by atoms with Gasteiger partial charge in [-0.1, -0.05) is 6.07 Å². The molecule has 2 N–H and O–H groups in total. The fourth-order valence-electron chi connectivity index (χ4n) is 6.03. The van der Waals surface area contributed by atoms with E-state index >= 15 is 0 Å². The van der Waals surface area contributed by atoms with Gasteiger partial charge < -0.3 is 14.9 Å². The predicted molar refractivity (Wildman–Crippen MR) is 96.6 cm³/mol. The number of ketones is 1. The van der Waals surface area contributed by atoms with E-state index in [2.05, 4.69) is 4.90 Å². The largest absolute Gasteiger partial charge is 0.504 e. The molecule has 0 aromatic heterocycles. The highest BCUT2D eigenvalue weighted by Gasteiger charge is 2.65. The van der Waals surface area contributed by atoms with Crippen LogP contribution in [0.25, 0.3) is 0 Å². The van der Waals surface area contributed by atoms with E-state index in [0.29, 0.717) is 25.0 Å². The number of benzene rings is 1. The van der Waals surface area contributed by atoms with Crippen LogP contribution in [0, 0.1) is 5.92 Å². The van der Waals surface area contributed by atoms with E-state index in [9.17, 15) is 15.0 Å². The number of methoxy groups -OCH3 is 1. The maximum absolute atomic E-state index is 12.5. The topological polar surface area (TPSA) is 70.0 Å². The average molecular weight is 357 g/mol. The maximum Gasteiger partial charge on any atom is 0.164 e. The van der Waals surface area contributed by atoms with Crippen LogP contribution in [0.2, 0.25) is 0 Å². The molecular formula is C21H27NO4. The van der Waals surface area contributed by atoms with Crippen LogP contribution in [0.4, 0.5) is 0 Å². The number of nitrogens with zero attached hydrogens (tertiary/aromatic N) is 1. The summed E-state index contributed by atoms with van der Waals surface area (Å²) < 4.78 is 5.57. The fourth-order valence-corrected chi connectivity index (χ4v) is 6.03. The Labute approximate surface area is 154 Å². The van der Waals surface area contributed by atoms with Crippen molar-refractivity contribution in [3.05, 3.63) is 23.3 Å². The lowest BCUT2D eigenvalue weighted by Crippen LogP contribution is -2.73. The maximum atomic E-state index is 12.5. The van der Waals surface area contributed by atoms with Crippen LogP contribution < -0.4 is 4.74 Å². The molecule has 26 heavy (non-hydrogen) atoms. The van der Waals surface area contributed by atoms with Crippen molar-refractivity contribution in [2.75, 3.05) is 20.2 Å². The molecule has 1 saturated heterocycles. The van der Waals surface area contributed by atoms with E-state index in [0.717, 1.165) is 43.0 Å². The first-order chi connectivity index (χ1) is 12.5. The molecule has 0 spiro atoms. The number of hydrogen-bond acceptors (Lipinski definition) is 5. The third-order valence-electron chi connectivity index (χ3n) is 7.44. The first-order valence-corrected chi connectivity index (χ1v) is 9.86. The number of piperidine rings is 1. The van der Waals surface area contributed by atoms with Gasteiger partial charge in [0.25, 0.3) is 0 Å². The summed E-state index contributed by atoms with van der Waals surface area (Å²) in [6.07, 6.45) is 5.39. The number of ether oxygens (including phenoxy) is 1. The number of fused-ring (bicyclic) bond motifs is 1. The zero-order valence-corrected chi connectivity index (χ0v) is 15.3. The monoisotopic (exact) mass is 357 g/mol. The third kappa shape index (κ3) is 2.07. The van der Waals surface area contributed by atoms with Crippen LogP contribution in [0.5, 0.6) is 11.5 Å². The van der Waals surface area contributed by atoms with E-state index in [1.807, 2.05) is 6.07 Å². The second-order valence-electron chi connectivity index (χ2n) is 8.78. The first kappa shape index (κ1) is 16.6. The van der Waals surface area contributed by atoms with Crippen molar-refractivity contribution in [1.29, 1.82) is 0 Å². The minimum atomic E-state index is -0.928. The first-order valence-electron chi connectivity index (χ1n) is 9.86. The summed E-state index contributed by atoms with van der Waals surface area (Å²) in [5.74, 6) is 1.53. The van der Waals surface area contributed by atoms with E-state index < -0.39 is 11.0 Å². The molecule has 4 aliphatic rings. The Morgan fingerprint density at radius 2 is 2.12 bits per heavy atom. The second-order valence-corrected chi connectivity index (χ2v) is 8.78. The Balaban J connectivity index is 1.70. The van der Waals surface area contributed by atoms with Gasteiger partial charge in [0, 0.05) is 36.4 Å². The van der Waals surface area contributed by atoms with Crippen molar-refractivity contribution in [2.45, 2.75) is 62.0 Å². The van der Waals surface area contributed by atoms with Gasteiger partial charge in [0.05, 0.1) is 12.7 Å². The molecule has 0 unspecified atom stereocenters. The quantitative estimate of drug-likeness (QED) is 0.868. The fraction of sp³-hybridized carbons (Fsp3) is 0.667. The number of hydrogen-bond donors (Lipinski definition) is 2. The number of aromatic hydroxyl groups is 1. The summed E-state index contributed by atoms with van der Waals surface area (Å²) in [6, 6.07) is 3.69. The summed E-state index contributed by atoms with van der Waals surface area (Å²) >= 11 is 0. The molecule has 0 radical (unpaired) electrons. The lowest BCUT2D eigenvalue weighted by molar-refractivity contribution is -0.173. The second kappa shape index (κ2) is 5.46. The predicted octanol–water partition coefficient (Wildman–Crippen LogP) is 2.16. The highest BCUT2D eigenvalue weighted by Crippen LogP contribution is 2.60. The van der Waals surface area contributed by atoms with Gasteiger partial charge in [-0.25, -0.2) is 0 Å². The van der Waals surface area contributed by atoms with Crippen LogP contribution in [-0.4, -0.2) is 52.7 Å². The lowest BCUT2D eigenvalue weighted by Gasteiger charge is -2.63. The molecule has 2 saturated carbocycles. The number of carbonyl (C=O) groups excluding carboxylic acids is 1. The van der Waals surface area contributed by atoms with Crippen LogP contribution >= 0.6 is 0 Å². The number of phenolic OH excluding ortho intramolecular Hbond substituents is 1. The van der Waals surface area contributed by atoms with Gasteiger partial charge in [-0.2, -0.15) is 0 Å². The molecule has 3 fully saturated rings. The lowest BCUT2D eigenvalue weighted by atomic mass is 9.49. The summed E-state index contributed by atoms with van der Waals surface area (Å²) in [7, 11) is 1.56. The average Bonchev–Trinajstić information content (AvgIpc) is 3.42. The number of phenols is 1. The molecule has 1 aliphatic heterocycles. The van der Waals surface area contributed by atoms with Crippen molar-refractivity contribution >= 4 is 5.78 Å². The van der Waals surface area contributed by atoms with Gasteiger partial charge in [0.1, 0.15) is 5.78 Å². The van der Waals surface area contributed by atoms with Gasteiger partial charge in [-0.15, -0.1) is 0 Å². The zero-order chi connectivity index (χ0) is 18.1. The van der Waals surface area contributed by atoms with Crippen molar-refractivity contribution in [1.82, 2.24) is 4.90 Å². The Kier molecular flexibility index (Phi) is 3.48. The van der Waals surface area contributed by atoms with Gasteiger partial charge in [-0.3, -0.25) is 9.69 Å². The Morgan fingerprint density at radius 3 is 2.85 bits per heavy atom. The standard InChI is InChI=1S/C21H27NO4/c1-26-19-16(24)5-4-14-10-17-21(25)7-6-15(23)11-20(21,18(14)19)8-9-22(17)12-13-2-3-13/h4-5,13,17,24-25H,2-3,6-12H2,1H3/t17-,20-,21+/m0/s1. The van der Waals surface area contributed by atoms with Crippen molar-refractivity contribution in [2.24, 2.45) is 5.92 Å². The van der Waals surface area contributed by atoms with Gasteiger partial charge in [0.15, 0.2) is 11.5 Å². The molecule has 2 bridgehead atoms. The van der Waals surface area contributed by atoms with E-state index in [1.165, 1.54) is 12.8 Å². The minimum Gasteiger partial charge on any atom is -0.504 e. The van der Waals surface area contributed by atoms with Crippen LogP contribution in [0.15, 0.2) is 12.1 Å². The molecule has 5 rings (SSSR count). The number of carbonyl (C=O) groups is 1. The van der Waals surface area contributed by atoms with Crippen LogP contribution in [0.3, 0.4) is 0 Å². The smallest absolute Gasteiger partial charge is 0.164 e. The Hall–Kier alpha value is -1.59. The Bertz CT molecular complexity index is 774. The molecular weight excluding hydrogens is 330 g/mol. The molecule has 1 heterocycles. The summed E-state index contributed by atoms with van der Waals surface area (Å²) in [6.45, 7) is 1.95.